The molecule has 2 rings (SSSR count). The molecule has 0 saturated carbocycles. The lowest BCUT2D eigenvalue weighted by molar-refractivity contribution is 0.290. The van der Waals surface area contributed by atoms with Gasteiger partial charge in [-0.1, -0.05) is 82.5 Å². The summed E-state index contributed by atoms with van der Waals surface area (Å²) in [6.07, 6.45) is 10.3. The average Bonchev–Trinajstić information content (AvgIpc) is 3.18. The maximum absolute atomic E-state index is 13.1. The first-order valence-electron chi connectivity index (χ1n) is 11.4. The number of ether oxygens (including phenoxy) is 2. The molecule has 0 aliphatic heterocycles. The van der Waals surface area contributed by atoms with Crippen LogP contribution in [0.2, 0.25) is 0 Å². The Labute approximate surface area is 201 Å². The van der Waals surface area contributed by atoms with E-state index in [0.29, 0.717) is 6.61 Å². The summed E-state index contributed by atoms with van der Waals surface area (Å²) in [5.74, 6) is 0.635. The van der Waals surface area contributed by atoms with Gasteiger partial charge in [0.1, 0.15) is 23.9 Å². The number of hydrogen-bond donors (Lipinski definition) is 0. The van der Waals surface area contributed by atoms with E-state index in [0.717, 1.165) is 41.7 Å². The first-order valence-corrected chi connectivity index (χ1v) is 11.4. The third kappa shape index (κ3) is 11.9. The Morgan fingerprint density at radius 1 is 1.00 bits per heavy atom. The zero-order chi connectivity index (χ0) is 25.4. The predicted molar refractivity (Wildman–Crippen MR) is 143 cm³/mol. The summed E-state index contributed by atoms with van der Waals surface area (Å²) in [4.78, 5) is 0. The van der Waals surface area contributed by atoms with Crippen LogP contribution in [0.15, 0.2) is 97.1 Å². The molecule has 1 aromatic rings. The van der Waals surface area contributed by atoms with Gasteiger partial charge in [-0.05, 0) is 73.6 Å². The molecule has 0 heterocycles. The molecule has 0 aromatic heterocycles. The fourth-order valence-corrected chi connectivity index (χ4v) is 2.75. The van der Waals surface area contributed by atoms with E-state index < -0.39 is 0 Å². The number of rotatable bonds is 9. The standard InChI is InChI=1S/C19H21FO2.C9H14.C2H6/c1-13(5-10-19(21-4)15(3)20)12-22-17-8-9-18-14(2)6-7-16(18)11-17;1-5-9(4)7-6-8(2)3;1-2/h5,8-11H,1-2,6-7,12H2,3-4H3;6-7H,2,4-5H2,1,3H3;1-2H3/b10-5-,19-15-;7-6-;. The fraction of sp³-hybridized carbons (Fsp3) is 0.333. The van der Waals surface area contributed by atoms with Gasteiger partial charge in [0.25, 0.3) is 0 Å². The summed E-state index contributed by atoms with van der Waals surface area (Å²) in [5, 5.41) is 0. The Morgan fingerprint density at radius 3 is 2.18 bits per heavy atom. The van der Waals surface area contributed by atoms with Gasteiger partial charge in [0.2, 0.25) is 0 Å². The molecule has 3 heteroatoms. The second-order valence-electron chi connectivity index (χ2n) is 7.50. The maximum atomic E-state index is 13.1. The first-order chi connectivity index (χ1) is 15.7. The maximum Gasteiger partial charge on any atom is 0.149 e. The summed E-state index contributed by atoms with van der Waals surface area (Å²) in [7, 11) is 1.43. The highest BCUT2D eigenvalue weighted by Gasteiger charge is 2.14. The van der Waals surface area contributed by atoms with E-state index in [-0.39, 0.29) is 11.6 Å². The van der Waals surface area contributed by atoms with E-state index in [1.165, 1.54) is 30.7 Å². The van der Waals surface area contributed by atoms with E-state index in [1.54, 1.807) is 12.2 Å². The van der Waals surface area contributed by atoms with Crippen molar-refractivity contribution in [3.8, 4) is 5.75 Å². The van der Waals surface area contributed by atoms with Gasteiger partial charge in [-0.2, -0.15) is 0 Å². The molecule has 1 aromatic carbocycles. The van der Waals surface area contributed by atoms with Crippen molar-refractivity contribution in [1.29, 1.82) is 0 Å². The number of benzene rings is 1. The first kappa shape index (κ1) is 29.9. The van der Waals surface area contributed by atoms with Crippen molar-refractivity contribution < 1.29 is 13.9 Å². The van der Waals surface area contributed by atoms with E-state index in [4.69, 9.17) is 9.47 Å². The molecule has 1 aliphatic rings. The number of halogens is 1. The highest BCUT2D eigenvalue weighted by Crippen LogP contribution is 2.33. The van der Waals surface area contributed by atoms with Crippen molar-refractivity contribution in [2.45, 2.75) is 53.9 Å². The van der Waals surface area contributed by atoms with Gasteiger partial charge in [0.15, 0.2) is 0 Å². The largest absolute Gasteiger partial charge is 0.494 e. The summed E-state index contributed by atoms with van der Waals surface area (Å²) >= 11 is 0. The normalized spacial score (nSPS) is 12.8. The second-order valence-corrected chi connectivity index (χ2v) is 7.50. The van der Waals surface area contributed by atoms with Crippen LogP contribution in [0.1, 0.15) is 58.6 Å². The van der Waals surface area contributed by atoms with E-state index in [2.05, 4.69) is 45.4 Å². The Balaban J connectivity index is 0.000000786. The van der Waals surface area contributed by atoms with Crippen molar-refractivity contribution >= 4 is 5.57 Å². The number of hydrogen-bond acceptors (Lipinski definition) is 2. The molecule has 2 nitrogen and oxygen atoms in total. The minimum Gasteiger partial charge on any atom is -0.494 e. The molecule has 1 aliphatic carbocycles. The Morgan fingerprint density at radius 2 is 1.64 bits per heavy atom. The van der Waals surface area contributed by atoms with Gasteiger partial charge < -0.3 is 9.47 Å². The molecular weight excluding hydrogens is 411 g/mol. The van der Waals surface area contributed by atoms with E-state index >= 15 is 0 Å². The van der Waals surface area contributed by atoms with Gasteiger partial charge in [-0.25, -0.2) is 4.39 Å². The topological polar surface area (TPSA) is 18.5 Å². The molecular formula is C30H41FO2. The highest BCUT2D eigenvalue weighted by molar-refractivity contribution is 5.71. The van der Waals surface area contributed by atoms with Crippen LogP contribution in [0.25, 0.3) is 5.57 Å². The van der Waals surface area contributed by atoms with Crippen LogP contribution in [0.4, 0.5) is 4.39 Å². The monoisotopic (exact) mass is 452 g/mol. The zero-order valence-electron chi connectivity index (χ0n) is 21.4. The SMILES string of the molecule is C=C(/C=C\C(OC)=C(/C)F)COc1ccc2c(c1)CCC2=C.C=C(C)/C=C\C(=C)CC.CC. The number of allylic oxidation sites excluding steroid dienone is 7. The van der Waals surface area contributed by atoms with Crippen molar-refractivity contribution in [3.05, 3.63) is 108 Å². The quantitative estimate of drug-likeness (QED) is 0.275. The fourth-order valence-electron chi connectivity index (χ4n) is 2.75. The second kappa shape index (κ2) is 16.5. The number of aryl methyl sites for hydroxylation is 1. The number of fused-ring (bicyclic) bond motifs is 1. The summed E-state index contributed by atoms with van der Waals surface area (Å²) in [6.45, 7) is 25.2. The molecule has 0 N–H and O–H groups in total. The van der Waals surface area contributed by atoms with Crippen LogP contribution < -0.4 is 4.74 Å². The molecule has 0 atom stereocenters. The van der Waals surface area contributed by atoms with Crippen LogP contribution in [0.3, 0.4) is 0 Å². The molecule has 0 saturated heterocycles. The van der Waals surface area contributed by atoms with Gasteiger partial charge in [0.05, 0.1) is 7.11 Å². The smallest absolute Gasteiger partial charge is 0.149 e. The molecule has 180 valence electrons. The molecule has 0 amide bonds. The summed E-state index contributed by atoms with van der Waals surface area (Å²) in [6, 6.07) is 6.05. The Kier molecular flexibility index (Phi) is 15.0. The molecule has 0 fully saturated rings. The van der Waals surface area contributed by atoms with E-state index in [9.17, 15) is 4.39 Å². The molecule has 0 radical (unpaired) electrons. The van der Waals surface area contributed by atoms with Gasteiger partial charge in [-0.3, -0.25) is 0 Å². The van der Waals surface area contributed by atoms with Crippen LogP contribution >= 0.6 is 0 Å². The molecule has 0 spiro atoms. The average molecular weight is 453 g/mol. The summed E-state index contributed by atoms with van der Waals surface area (Å²) in [5.41, 5.74) is 6.67. The van der Waals surface area contributed by atoms with Crippen molar-refractivity contribution in [2.24, 2.45) is 0 Å². The van der Waals surface area contributed by atoms with Crippen LogP contribution in [-0.4, -0.2) is 13.7 Å². The predicted octanol–water partition coefficient (Wildman–Crippen LogP) is 9.10. The third-order valence-electron chi connectivity index (χ3n) is 4.67. The van der Waals surface area contributed by atoms with Crippen molar-refractivity contribution in [1.82, 2.24) is 0 Å². The lowest BCUT2D eigenvalue weighted by atomic mass is 10.1. The van der Waals surface area contributed by atoms with Crippen molar-refractivity contribution in [3.63, 3.8) is 0 Å². The van der Waals surface area contributed by atoms with Crippen molar-refractivity contribution in [2.75, 3.05) is 13.7 Å². The van der Waals surface area contributed by atoms with E-state index in [1.807, 2.05) is 39.0 Å². The molecule has 0 unspecified atom stereocenters. The van der Waals surface area contributed by atoms with Crippen LogP contribution in [0, 0.1) is 0 Å². The van der Waals surface area contributed by atoms with Gasteiger partial charge >= 0.3 is 0 Å². The Hall–Kier alpha value is -3.07. The minimum absolute atomic E-state index is 0.192. The molecule has 33 heavy (non-hydrogen) atoms. The summed E-state index contributed by atoms with van der Waals surface area (Å²) < 4.78 is 23.7. The lowest BCUT2D eigenvalue weighted by Gasteiger charge is -2.08. The lowest BCUT2D eigenvalue weighted by Crippen LogP contribution is -1.99. The zero-order valence-corrected chi connectivity index (χ0v) is 21.4. The van der Waals surface area contributed by atoms with Gasteiger partial charge in [0, 0.05) is 0 Å². The minimum atomic E-state index is -0.369. The highest BCUT2D eigenvalue weighted by atomic mass is 19.1. The van der Waals surface area contributed by atoms with Crippen LogP contribution in [-0.2, 0) is 11.2 Å². The third-order valence-corrected chi connectivity index (χ3v) is 4.67. The molecule has 0 bridgehead atoms. The van der Waals surface area contributed by atoms with Gasteiger partial charge in [-0.15, -0.1) is 0 Å². The number of methoxy groups -OCH3 is 1. The van der Waals surface area contributed by atoms with Crippen LogP contribution in [0.5, 0.6) is 5.75 Å². The Bertz CT molecular complexity index is 909.